The zero-order valence-corrected chi connectivity index (χ0v) is 11.5. The molecule has 1 aromatic carbocycles. The molecule has 0 amide bonds. The molecule has 1 aliphatic rings. The molecule has 3 nitrogen and oxygen atoms in total. The van der Waals surface area contributed by atoms with Crippen molar-refractivity contribution in [3.05, 3.63) is 29.3 Å². The van der Waals surface area contributed by atoms with Crippen molar-refractivity contribution < 1.29 is 18.3 Å². The van der Waals surface area contributed by atoms with Crippen LogP contribution in [0.1, 0.15) is 36.8 Å². The molecule has 0 aromatic heterocycles. The monoisotopic (exact) mass is 298 g/mol. The molecule has 0 aliphatic heterocycles. The average molecular weight is 298 g/mol. The standard InChI is InChI=1S/C15H17F3N2O/c16-15(17,18)12-4-5-14(11(8-12)9-19)20-13-3-1-2-10(13)6-7-21/h4-5,8,10,13,20-21H,1-3,6-7H2. The van der Waals surface area contributed by atoms with Crippen molar-refractivity contribution in [1.82, 2.24) is 0 Å². The number of benzene rings is 1. The number of aliphatic hydroxyl groups is 1. The molecule has 21 heavy (non-hydrogen) atoms. The molecular weight excluding hydrogens is 281 g/mol. The highest BCUT2D eigenvalue weighted by Crippen LogP contribution is 2.34. The summed E-state index contributed by atoms with van der Waals surface area (Å²) >= 11 is 0. The van der Waals surface area contributed by atoms with Gasteiger partial charge >= 0.3 is 6.18 Å². The van der Waals surface area contributed by atoms with Crippen LogP contribution in [0.25, 0.3) is 0 Å². The smallest absolute Gasteiger partial charge is 0.396 e. The van der Waals surface area contributed by atoms with Crippen molar-refractivity contribution in [1.29, 1.82) is 5.26 Å². The fourth-order valence-corrected chi connectivity index (χ4v) is 2.88. The summed E-state index contributed by atoms with van der Waals surface area (Å²) in [6, 6.07) is 5.09. The second kappa shape index (κ2) is 6.35. The molecule has 1 fully saturated rings. The maximum Gasteiger partial charge on any atom is 0.416 e. The summed E-state index contributed by atoms with van der Waals surface area (Å²) < 4.78 is 37.9. The van der Waals surface area contributed by atoms with Gasteiger partial charge in [0.05, 0.1) is 16.8 Å². The summed E-state index contributed by atoms with van der Waals surface area (Å²) in [5, 5.41) is 21.3. The quantitative estimate of drug-likeness (QED) is 0.894. The molecule has 0 heterocycles. The molecule has 1 aromatic rings. The van der Waals surface area contributed by atoms with Crippen LogP contribution in [0.2, 0.25) is 0 Å². The van der Waals surface area contributed by atoms with E-state index in [1.807, 2.05) is 6.07 Å². The van der Waals surface area contributed by atoms with E-state index in [4.69, 9.17) is 10.4 Å². The molecule has 0 radical (unpaired) electrons. The van der Waals surface area contributed by atoms with E-state index in [1.54, 1.807) is 0 Å². The van der Waals surface area contributed by atoms with Crippen LogP contribution in [0.4, 0.5) is 18.9 Å². The number of hydrogen-bond donors (Lipinski definition) is 2. The minimum atomic E-state index is -4.45. The zero-order chi connectivity index (χ0) is 15.5. The zero-order valence-electron chi connectivity index (χ0n) is 11.5. The number of aliphatic hydroxyl groups excluding tert-OH is 1. The van der Waals surface area contributed by atoms with E-state index in [1.165, 1.54) is 6.07 Å². The third kappa shape index (κ3) is 3.67. The van der Waals surface area contributed by atoms with Gasteiger partial charge in [-0.2, -0.15) is 18.4 Å². The van der Waals surface area contributed by atoms with Crippen molar-refractivity contribution >= 4 is 5.69 Å². The maximum absolute atomic E-state index is 12.6. The lowest BCUT2D eigenvalue weighted by molar-refractivity contribution is -0.137. The maximum atomic E-state index is 12.6. The van der Waals surface area contributed by atoms with Gasteiger partial charge in [-0.05, 0) is 43.4 Å². The van der Waals surface area contributed by atoms with Crippen LogP contribution in [0, 0.1) is 17.2 Å². The van der Waals surface area contributed by atoms with Gasteiger partial charge in [-0.15, -0.1) is 0 Å². The molecule has 2 atom stereocenters. The summed E-state index contributed by atoms with van der Waals surface area (Å²) in [6.07, 6.45) is -0.876. The summed E-state index contributed by atoms with van der Waals surface area (Å²) in [7, 11) is 0. The van der Waals surface area contributed by atoms with Gasteiger partial charge in [0.15, 0.2) is 0 Å². The Balaban J connectivity index is 2.19. The lowest BCUT2D eigenvalue weighted by Crippen LogP contribution is -2.25. The normalized spacial score (nSPS) is 22.0. The van der Waals surface area contributed by atoms with E-state index < -0.39 is 11.7 Å². The van der Waals surface area contributed by atoms with Crippen LogP contribution in [0.5, 0.6) is 0 Å². The van der Waals surface area contributed by atoms with E-state index >= 15 is 0 Å². The number of alkyl halides is 3. The highest BCUT2D eigenvalue weighted by molar-refractivity contribution is 5.59. The average Bonchev–Trinajstić information content (AvgIpc) is 2.86. The first-order valence-corrected chi connectivity index (χ1v) is 6.94. The number of nitrogens with zero attached hydrogens (tertiary/aromatic N) is 1. The number of rotatable bonds is 4. The van der Waals surface area contributed by atoms with Crippen LogP contribution in [0.15, 0.2) is 18.2 Å². The van der Waals surface area contributed by atoms with Gasteiger partial charge in [-0.1, -0.05) is 6.42 Å². The first kappa shape index (κ1) is 15.6. The van der Waals surface area contributed by atoms with E-state index in [9.17, 15) is 13.2 Å². The number of hydrogen-bond acceptors (Lipinski definition) is 3. The number of anilines is 1. The molecule has 2 N–H and O–H groups in total. The number of halogens is 3. The SMILES string of the molecule is N#Cc1cc(C(F)(F)F)ccc1NC1CCCC1CCO. The van der Waals surface area contributed by atoms with Crippen molar-refractivity contribution in [3.63, 3.8) is 0 Å². The fraction of sp³-hybridized carbons (Fsp3) is 0.533. The Hall–Kier alpha value is -1.74. The summed E-state index contributed by atoms with van der Waals surface area (Å²) in [5.74, 6) is 0.295. The number of nitriles is 1. The first-order valence-electron chi connectivity index (χ1n) is 6.94. The molecular formula is C15H17F3N2O. The van der Waals surface area contributed by atoms with Crippen LogP contribution in [0.3, 0.4) is 0 Å². The van der Waals surface area contributed by atoms with E-state index in [0.717, 1.165) is 31.4 Å². The molecule has 0 bridgehead atoms. The minimum Gasteiger partial charge on any atom is -0.396 e. The predicted octanol–water partition coefficient (Wildman–Crippen LogP) is 3.54. The largest absolute Gasteiger partial charge is 0.416 e. The Morgan fingerprint density at radius 2 is 2.10 bits per heavy atom. The van der Waals surface area contributed by atoms with Crippen LogP contribution < -0.4 is 5.32 Å². The van der Waals surface area contributed by atoms with Crippen LogP contribution in [-0.4, -0.2) is 17.8 Å². The summed E-state index contributed by atoms with van der Waals surface area (Å²) in [4.78, 5) is 0. The van der Waals surface area contributed by atoms with Gasteiger partial charge in [-0.3, -0.25) is 0 Å². The Kier molecular flexibility index (Phi) is 4.73. The predicted molar refractivity (Wildman–Crippen MR) is 72.6 cm³/mol. The highest BCUT2D eigenvalue weighted by atomic mass is 19.4. The van der Waals surface area contributed by atoms with Gasteiger partial charge in [0.1, 0.15) is 6.07 Å². The molecule has 2 unspecified atom stereocenters. The lowest BCUT2D eigenvalue weighted by atomic mass is 9.99. The molecule has 1 saturated carbocycles. The van der Waals surface area contributed by atoms with Crippen LogP contribution >= 0.6 is 0 Å². The first-order chi connectivity index (χ1) is 9.95. The summed E-state index contributed by atoms with van der Waals surface area (Å²) in [5.41, 5.74) is -0.386. The van der Waals surface area contributed by atoms with E-state index in [0.29, 0.717) is 18.0 Å². The lowest BCUT2D eigenvalue weighted by Gasteiger charge is -2.22. The van der Waals surface area contributed by atoms with Crippen LogP contribution in [-0.2, 0) is 6.18 Å². The third-order valence-corrected chi connectivity index (χ3v) is 3.97. The molecule has 6 heteroatoms. The van der Waals surface area contributed by atoms with Crippen molar-refractivity contribution in [2.24, 2.45) is 5.92 Å². The number of nitrogens with one attached hydrogen (secondary N) is 1. The topological polar surface area (TPSA) is 56.0 Å². The molecule has 0 spiro atoms. The van der Waals surface area contributed by atoms with Gasteiger partial charge in [0.2, 0.25) is 0 Å². The van der Waals surface area contributed by atoms with Crippen molar-refractivity contribution in [2.75, 3.05) is 11.9 Å². The van der Waals surface area contributed by atoms with Gasteiger partial charge in [-0.25, -0.2) is 0 Å². The second-order valence-corrected chi connectivity index (χ2v) is 5.32. The molecule has 0 saturated heterocycles. The Morgan fingerprint density at radius 3 is 2.71 bits per heavy atom. The molecule has 1 aliphatic carbocycles. The minimum absolute atomic E-state index is 0.000488. The van der Waals surface area contributed by atoms with E-state index in [-0.39, 0.29) is 18.2 Å². The fourth-order valence-electron chi connectivity index (χ4n) is 2.88. The third-order valence-electron chi connectivity index (χ3n) is 3.97. The Morgan fingerprint density at radius 1 is 1.33 bits per heavy atom. The highest BCUT2D eigenvalue weighted by Gasteiger charge is 2.32. The molecule has 2 rings (SSSR count). The Labute approximate surface area is 121 Å². The second-order valence-electron chi connectivity index (χ2n) is 5.32. The Bertz CT molecular complexity index is 537. The van der Waals surface area contributed by atoms with Crippen molar-refractivity contribution in [2.45, 2.75) is 37.9 Å². The van der Waals surface area contributed by atoms with Crippen molar-refractivity contribution in [3.8, 4) is 6.07 Å². The van der Waals surface area contributed by atoms with Gasteiger partial charge < -0.3 is 10.4 Å². The van der Waals surface area contributed by atoms with Gasteiger partial charge in [0, 0.05) is 12.6 Å². The molecule has 114 valence electrons. The summed E-state index contributed by atoms with van der Waals surface area (Å²) in [6.45, 7) is 0.0982. The van der Waals surface area contributed by atoms with Gasteiger partial charge in [0.25, 0.3) is 0 Å². The van der Waals surface area contributed by atoms with E-state index in [2.05, 4.69) is 5.32 Å².